The average molecular weight is 345 g/mol. The zero-order chi connectivity index (χ0) is 17.1. The molecule has 1 aliphatic rings. The number of carbonyl (C=O) groups is 1. The van der Waals surface area contributed by atoms with Gasteiger partial charge >= 0.3 is 6.03 Å². The minimum Gasteiger partial charge on any atom is -0.344 e. The summed E-state index contributed by atoms with van der Waals surface area (Å²) in [5.74, 6) is 0. The number of piperidine rings is 1. The fraction of sp³-hybridized carbons (Fsp3) is 0.471. The van der Waals surface area contributed by atoms with Crippen LogP contribution >= 0.6 is 11.3 Å². The summed E-state index contributed by atoms with van der Waals surface area (Å²) in [6.07, 6.45) is 3.62. The van der Waals surface area contributed by atoms with Gasteiger partial charge in [0.2, 0.25) is 10.3 Å². The molecule has 1 fully saturated rings. The Morgan fingerprint density at radius 2 is 2.04 bits per heavy atom. The molecule has 2 N–H and O–H groups in total. The Morgan fingerprint density at radius 3 is 2.79 bits per heavy atom. The predicted octanol–water partition coefficient (Wildman–Crippen LogP) is 4.18. The second kappa shape index (κ2) is 7.17. The molecule has 2 amide bonds. The average Bonchev–Trinajstić information content (AvgIpc) is 2.99. The van der Waals surface area contributed by atoms with Crippen molar-refractivity contribution in [1.29, 1.82) is 0 Å². The molecule has 0 aliphatic carbocycles. The van der Waals surface area contributed by atoms with E-state index in [1.54, 1.807) is 0 Å². The first-order valence-electron chi connectivity index (χ1n) is 8.28. The number of urea groups is 1. The van der Waals surface area contributed by atoms with Gasteiger partial charge in [-0.15, -0.1) is 10.2 Å². The summed E-state index contributed by atoms with van der Waals surface area (Å²) in [5.41, 5.74) is 3.11. The van der Waals surface area contributed by atoms with Gasteiger partial charge in [0.15, 0.2) is 0 Å². The molecule has 0 spiro atoms. The monoisotopic (exact) mass is 345 g/mol. The molecule has 0 unspecified atom stereocenters. The second-order valence-electron chi connectivity index (χ2n) is 6.31. The van der Waals surface area contributed by atoms with E-state index in [-0.39, 0.29) is 6.03 Å². The van der Waals surface area contributed by atoms with E-state index in [4.69, 9.17) is 0 Å². The highest BCUT2D eigenvalue weighted by atomic mass is 32.1. The van der Waals surface area contributed by atoms with Crippen LogP contribution in [0.15, 0.2) is 18.2 Å². The molecule has 0 saturated carbocycles. The van der Waals surface area contributed by atoms with Crippen LogP contribution in [0.3, 0.4) is 0 Å². The van der Waals surface area contributed by atoms with E-state index >= 15 is 0 Å². The van der Waals surface area contributed by atoms with E-state index in [0.717, 1.165) is 22.9 Å². The van der Waals surface area contributed by atoms with Crippen molar-refractivity contribution >= 4 is 33.3 Å². The van der Waals surface area contributed by atoms with E-state index in [0.29, 0.717) is 11.2 Å². The van der Waals surface area contributed by atoms with Gasteiger partial charge in [0.1, 0.15) is 0 Å². The van der Waals surface area contributed by atoms with Crippen LogP contribution in [0.25, 0.3) is 0 Å². The van der Waals surface area contributed by atoms with E-state index in [9.17, 15) is 4.79 Å². The number of rotatable bonds is 3. The molecule has 128 valence electrons. The van der Waals surface area contributed by atoms with Crippen molar-refractivity contribution in [2.24, 2.45) is 0 Å². The third kappa shape index (κ3) is 3.84. The van der Waals surface area contributed by atoms with Crippen LogP contribution in [0, 0.1) is 13.8 Å². The Kier molecular flexibility index (Phi) is 4.99. The zero-order valence-corrected chi connectivity index (χ0v) is 15.1. The maximum Gasteiger partial charge on any atom is 0.325 e. The summed E-state index contributed by atoms with van der Waals surface area (Å²) < 4.78 is 0. The second-order valence-corrected chi connectivity index (χ2v) is 7.26. The summed E-state index contributed by atoms with van der Waals surface area (Å²) in [5, 5.41) is 15.3. The molecule has 2 heterocycles. The highest BCUT2D eigenvalue weighted by Crippen LogP contribution is 2.29. The maximum atomic E-state index is 12.1. The van der Waals surface area contributed by atoms with Crippen molar-refractivity contribution in [2.45, 2.75) is 46.1 Å². The molecule has 1 aliphatic heterocycles. The zero-order valence-electron chi connectivity index (χ0n) is 14.3. The minimum atomic E-state index is -0.298. The lowest BCUT2D eigenvalue weighted by atomic mass is 10.1. The number of hydrogen-bond donors (Lipinski definition) is 2. The van der Waals surface area contributed by atoms with Gasteiger partial charge in [-0.3, -0.25) is 5.32 Å². The molecule has 7 heteroatoms. The molecule has 0 radical (unpaired) electrons. The number of amides is 2. The summed E-state index contributed by atoms with van der Waals surface area (Å²) in [6, 6.07) is 6.02. The van der Waals surface area contributed by atoms with Crippen molar-refractivity contribution in [1.82, 2.24) is 10.2 Å². The molecule has 3 rings (SSSR count). The summed E-state index contributed by atoms with van der Waals surface area (Å²) in [7, 11) is 0. The van der Waals surface area contributed by atoms with E-state index in [1.807, 2.05) is 32.0 Å². The van der Waals surface area contributed by atoms with Crippen molar-refractivity contribution in [3.63, 3.8) is 0 Å². The third-order valence-corrected chi connectivity index (χ3v) is 5.32. The van der Waals surface area contributed by atoms with Gasteiger partial charge in [0.05, 0.1) is 0 Å². The summed E-state index contributed by atoms with van der Waals surface area (Å²) >= 11 is 1.42. The number of benzene rings is 1. The number of carbonyl (C=O) groups excluding carboxylic acids is 1. The molecule has 1 aromatic carbocycles. The third-order valence-electron chi connectivity index (χ3n) is 4.45. The normalized spacial score (nSPS) is 17.6. The van der Waals surface area contributed by atoms with E-state index in [1.165, 1.54) is 36.2 Å². The van der Waals surface area contributed by atoms with Crippen LogP contribution in [0.5, 0.6) is 0 Å². The number of anilines is 3. The van der Waals surface area contributed by atoms with Gasteiger partial charge < -0.3 is 10.2 Å². The Bertz CT molecular complexity index is 730. The van der Waals surface area contributed by atoms with Crippen LogP contribution in [-0.4, -0.2) is 28.8 Å². The molecule has 0 bridgehead atoms. The SMILES string of the molecule is Cc1ccc(NC(=O)Nc2nnc(N3CCCC[C@@H]3C)s2)cc1C. The number of nitrogens with zero attached hydrogens (tertiary/aromatic N) is 3. The fourth-order valence-corrected chi connectivity index (χ4v) is 3.71. The minimum absolute atomic E-state index is 0.298. The molecule has 1 atom stereocenters. The fourth-order valence-electron chi connectivity index (χ4n) is 2.84. The summed E-state index contributed by atoms with van der Waals surface area (Å²) in [6.45, 7) is 7.28. The van der Waals surface area contributed by atoms with E-state index < -0.39 is 0 Å². The van der Waals surface area contributed by atoms with Crippen molar-refractivity contribution in [3.8, 4) is 0 Å². The Morgan fingerprint density at radius 1 is 1.21 bits per heavy atom. The highest BCUT2D eigenvalue weighted by molar-refractivity contribution is 7.19. The molecular weight excluding hydrogens is 322 g/mol. The molecule has 1 aromatic heterocycles. The summed E-state index contributed by atoms with van der Waals surface area (Å²) in [4.78, 5) is 14.4. The topological polar surface area (TPSA) is 70.1 Å². The largest absolute Gasteiger partial charge is 0.344 e. The lowest BCUT2D eigenvalue weighted by molar-refractivity contribution is 0.262. The molecule has 24 heavy (non-hydrogen) atoms. The Hall–Kier alpha value is -2.15. The first-order valence-corrected chi connectivity index (χ1v) is 9.10. The first-order chi connectivity index (χ1) is 11.5. The van der Waals surface area contributed by atoms with Crippen LogP contribution in [0.4, 0.5) is 20.7 Å². The number of aryl methyl sites for hydroxylation is 2. The molecule has 6 nitrogen and oxygen atoms in total. The van der Waals surface area contributed by atoms with E-state index in [2.05, 4.69) is 32.7 Å². The smallest absolute Gasteiger partial charge is 0.325 e. The van der Waals surface area contributed by atoms with Crippen LogP contribution in [0.2, 0.25) is 0 Å². The lowest BCUT2D eigenvalue weighted by Gasteiger charge is -2.32. The van der Waals surface area contributed by atoms with Crippen molar-refractivity contribution in [3.05, 3.63) is 29.3 Å². The Labute approximate surface area is 146 Å². The number of nitrogens with one attached hydrogen (secondary N) is 2. The van der Waals surface area contributed by atoms with Gasteiger partial charge in [0, 0.05) is 18.3 Å². The van der Waals surface area contributed by atoms with Crippen molar-refractivity contribution in [2.75, 3.05) is 22.1 Å². The van der Waals surface area contributed by atoms with Gasteiger partial charge in [-0.2, -0.15) is 0 Å². The molecular formula is C17H23N5OS. The van der Waals surface area contributed by atoms with Gasteiger partial charge in [0.25, 0.3) is 0 Å². The van der Waals surface area contributed by atoms with Crippen LogP contribution in [0.1, 0.15) is 37.3 Å². The van der Waals surface area contributed by atoms with Gasteiger partial charge in [-0.1, -0.05) is 17.4 Å². The molecule has 2 aromatic rings. The maximum absolute atomic E-state index is 12.1. The van der Waals surface area contributed by atoms with Crippen LogP contribution < -0.4 is 15.5 Å². The predicted molar refractivity (Wildman–Crippen MR) is 99.1 cm³/mol. The molecule has 1 saturated heterocycles. The number of aromatic nitrogens is 2. The quantitative estimate of drug-likeness (QED) is 0.875. The van der Waals surface area contributed by atoms with Gasteiger partial charge in [-0.05, 0) is 63.3 Å². The van der Waals surface area contributed by atoms with Crippen LogP contribution in [-0.2, 0) is 0 Å². The highest BCUT2D eigenvalue weighted by Gasteiger charge is 2.22. The standard InChI is InChI=1S/C17H23N5OS/c1-11-7-8-14(10-12(11)2)18-15(23)19-16-20-21-17(24-16)22-9-5-4-6-13(22)3/h7-8,10,13H,4-6,9H2,1-3H3,(H2,18,19,20,23)/t13-/m0/s1. The Balaban J connectivity index is 1.61. The first kappa shape index (κ1) is 16.7. The lowest BCUT2D eigenvalue weighted by Crippen LogP contribution is -2.37. The van der Waals surface area contributed by atoms with Gasteiger partial charge in [-0.25, -0.2) is 4.79 Å². The van der Waals surface area contributed by atoms with Crippen molar-refractivity contribution < 1.29 is 4.79 Å². The number of hydrogen-bond acceptors (Lipinski definition) is 5.